The van der Waals surface area contributed by atoms with Crippen molar-refractivity contribution in [1.29, 1.82) is 0 Å². The Hall–Kier alpha value is -1.76. The molecule has 5 heteroatoms. The van der Waals surface area contributed by atoms with Gasteiger partial charge < -0.3 is 16.0 Å². The monoisotopic (exact) mass is 407 g/mol. The fourth-order valence-corrected chi connectivity index (χ4v) is 4.61. The van der Waals surface area contributed by atoms with Crippen LogP contribution in [0.4, 0.5) is 0 Å². The molecule has 2 aromatic carbocycles. The van der Waals surface area contributed by atoms with Crippen LogP contribution in [0.25, 0.3) is 0 Å². The standard InChI is InChI=1S/C25H37N5/c1-2-6-22(7-3-1)20-30-21-23-8-10-24(11-9-23)25(30)29-18-5-14-27-16-15-26-12-4-13-28-17-19-29/h1-3,6-11,25-28H,4-5,12-21H2. The molecular formula is C25H37N5. The SMILES string of the molecule is c1ccc(CN2Cc3ccc(cc3)C2N2CCCNCCNCCCNCC2)cc1. The van der Waals surface area contributed by atoms with Gasteiger partial charge in [-0.15, -0.1) is 0 Å². The Morgan fingerprint density at radius 2 is 1.40 bits per heavy atom. The van der Waals surface area contributed by atoms with E-state index in [1.54, 1.807) is 0 Å². The van der Waals surface area contributed by atoms with Crippen molar-refractivity contribution in [3.63, 3.8) is 0 Å². The zero-order valence-electron chi connectivity index (χ0n) is 18.2. The van der Waals surface area contributed by atoms with Crippen molar-refractivity contribution >= 4 is 0 Å². The maximum atomic E-state index is 3.67. The summed E-state index contributed by atoms with van der Waals surface area (Å²) in [6.45, 7) is 10.6. The summed E-state index contributed by atoms with van der Waals surface area (Å²) in [5.41, 5.74) is 4.22. The van der Waals surface area contributed by atoms with Crippen LogP contribution in [0.2, 0.25) is 0 Å². The van der Waals surface area contributed by atoms with E-state index in [2.05, 4.69) is 80.3 Å². The third-order valence-electron chi connectivity index (χ3n) is 6.14. The molecule has 3 N–H and O–H groups in total. The van der Waals surface area contributed by atoms with E-state index in [4.69, 9.17) is 0 Å². The number of nitrogens with zero attached hydrogens (tertiary/aromatic N) is 2. The van der Waals surface area contributed by atoms with Crippen molar-refractivity contribution in [3.8, 4) is 0 Å². The van der Waals surface area contributed by atoms with E-state index in [-0.39, 0.29) is 0 Å². The fourth-order valence-electron chi connectivity index (χ4n) is 4.61. The summed E-state index contributed by atoms with van der Waals surface area (Å²) in [5, 5.41) is 10.8. The molecule has 1 unspecified atom stereocenters. The average Bonchev–Trinajstić information content (AvgIpc) is 3.05. The van der Waals surface area contributed by atoms with Gasteiger partial charge in [0.15, 0.2) is 0 Å². The summed E-state index contributed by atoms with van der Waals surface area (Å²) in [7, 11) is 0. The Kier molecular flexibility index (Phi) is 8.29. The molecule has 1 saturated heterocycles. The molecule has 0 amide bonds. The minimum Gasteiger partial charge on any atom is -0.315 e. The van der Waals surface area contributed by atoms with Crippen LogP contribution in [-0.4, -0.2) is 62.2 Å². The number of rotatable bonds is 3. The van der Waals surface area contributed by atoms with Crippen LogP contribution in [0.5, 0.6) is 0 Å². The lowest BCUT2D eigenvalue weighted by Crippen LogP contribution is -2.44. The molecule has 0 aliphatic carbocycles. The molecule has 1 fully saturated rings. The number of fused-ring (bicyclic) bond motifs is 4. The number of benzene rings is 2. The lowest BCUT2D eigenvalue weighted by atomic mass is 10.1. The highest BCUT2D eigenvalue weighted by Crippen LogP contribution is 2.32. The zero-order valence-corrected chi connectivity index (χ0v) is 18.2. The molecule has 0 spiro atoms. The number of hydrogen-bond donors (Lipinski definition) is 3. The van der Waals surface area contributed by atoms with Crippen LogP contribution in [-0.2, 0) is 13.1 Å². The van der Waals surface area contributed by atoms with Gasteiger partial charge in [-0.05, 0) is 49.2 Å². The van der Waals surface area contributed by atoms with Crippen molar-refractivity contribution < 1.29 is 0 Å². The van der Waals surface area contributed by atoms with Crippen molar-refractivity contribution in [1.82, 2.24) is 25.8 Å². The van der Waals surface area contributed by atoms with E-state index in [0.717, 1.165) is 65.4 Å². The van der Waals surface area contributed by atoms with Gasteiger partial charge in [-0.1, -0.05) is 54.6 Å². The highest BCUT2D eigenvalue weighted by atomic mass is 15.4. The van der Waals surface area contributed by atoms with E-state index >= 15 is 0 Å². The van der Waals surface area contributed by atoms with Crippen LogP contribution in [0, 0.1) is 0 Å². The molecule has 3 aliphatic rings. The Morgan fingerprint density at radius 1 is 0.700 bits per heavy atom. The molecule has 5 rings (SSSR count). The Balaban J connectivity index is 1.50. The molecule has 3 heterocycles. The third-order valence-corrected chi connectivity index (χ3v) is 6.14. The summed E-state index contributed by atoms with van der Waals surface area (Å²) in [4.78, 5) is 5.35. The minimum absolute atomic E-state index is 0.328. The second-order valence-electron chi connectivity index (χ2n) is 8.50. The second-order valence-corrected chi connectivity index (χ2v) is 8.50. The van der Waals surface area contributed by atoms with Gasteiger partial charge in [0, 0.05) is 45.8 Å². The predicted molar refractivity (Wildman–Crippen MR) is 124 cm³/mol. The van der Waals surface area contributed by atoms with Crippen LogP contribution in [0.15, 0.2) is 54.6 Å². The minimum atomic E-state index is 0.328. The Labute approximate surface area is 181 Å². The maximum absolute atomic E-state index is 3.67. The normalized spacial score (nSPS) is 23.0. The van der Waals surface area contributed by atoms with Crippen molar-refractivity contribution in [2.24, 2.45) is 0 Å². The zero-order chi connectivity index (χ0) is 20.4. The van der Waals surface area contributed by atoms with Gasteiger partial charge in [0.25, 0.3) is 0 Å². The van der Waals surface area contributed by atoms with Crippen LogP contribution >= 0.6 is 0 Å². The summed E-state index contributed by atoms with van der Waals surface area (Å²) in [6, 6.07) is 20.2. The van der Waals surface area contributed by atoms with Gasteiger partial charge >= 0.3 is 0 Å². The Morgan fingerprint density at radius 3 is 2.17 bits per heavy atom. The molecule has 0 saturated carbocycles. The largest absolute Gasteiger partial charge is 0.315 e. The average molecular weight is 408 g/mol. The van der Waals surface area contributed by atoms with Crippen LogP contribution in [0.3, 0.4) is 0 Å². The first-order chi connectivity index (χ1) is 14.9. The van der Waals surface area contributed by atoms with E-state index in [1.165, 1.54) is 29.5 Å². The van der Waals surface area contributed by atoms with Crippen molar-refractivity contribution in [3.05, 3.63) is 71.3 Å². The molecule has 1 atom stereocenters. The quantitative estimate of drug-likeness (QED) is 0.730. The fraction of sp³-hybridized carbons (Fsp3) is 0.520. The number of hydrogen-bond acceptors (Lipinski definition) is 5. The molecule has 162 valence electrons. The number of nitrogens with one attached hydrogen (secondary N) is 3. The first-order valence-corrected chi connectivity index (χ1v) is 11.6. The Bertz CT molecular complexity index is 719. The van der Waals surface area contributed by atoms with Crippen molar-refractivity contribution in [2.45, 2.75) is 32.1 Å². The van der Waals surface area contributed by atoms with E-state index in [1.807, 2.05) is 0 Å². The highest BCUT2D eigenvalue weighted by Gasteiger charge is 2.29. The molecule has 0 aromatic heterocycles. The van der Waals surface area contributed by atoms with Gasteiger partial charge in [0.2, 0.25) is 0 Å². The lowest BCUT2D eigenvalue weighted by molar-refractivity contribution is 0.0301. The summed E-state index contributed by atoms with van der Waals surface area (Å²) in [5.74, 6) is 0. The van der Waals surface area contributed by atoms with E-state index in [9.17, 15) is 0 Å². The molecule has 30 heavy (non-hydrogen) atoms. The van der Waals surface area contributed by atoms with Gasteiger partial charge in [0.05, 0.1) is 6.17 Å². The molecule has 5 nitrogen and oxygen atoms in total. The van der Waals surface area contributed by atoms with E-state index < -0.39 is 0 Å². The summed E-state index contributed by atoms with van der Waals surface area (Å²) >= 11 is 0. The van der Waals surface area contributed by atoms with Gasteiger partial charge in [-0.3, -0.25) is 9.80 Å². The lowest BCUT2D eigenvalue weighted by Gasteiger charge is -2.39. The molecular weight excluding hydrogens is 370 g/mol. The summed E-state index contributed by atoms with van der Waals surface area (Å²) < 4.78 is 0. The van der Waals surface area contributed by atoms with Gasteiger partial charge in [-0.2, -0.15) is 0 Å². The summed E-state index contributed by atoms with van der Waals surface area (Å²) in [6.07, 6.45) is 2.69. The van der Waals surface area contributed by atoms with Crippen LogP contribution < -0.4 is 16.0 Å². The van der Waals surface area contributed by atoms with Crippen molar-refractivity contribution in [2.75, 3.05) is 52.4 Å². The molecule has 3 aliphatic heterocycles. The predicted octanol–water partition coefficient (Wildman–Crippen LogP) is 2.57. The van der Waals surface area contributed by atoms with Gasteiger partial charge in [-0.25, -0.2) is 0 Å². The topological polar surface area (TPSA) is 42.6 Å². The first-order valence-electron chi connectivity index (χ1n) is 11.6. The third kappa shape index (κ3) is 6.13. The highest BCUT2D eigenvalue weighted by molar-refractivity contribution is 5.28. The van der Waals surface area contributed by atoms with Crippen LogP contribution in [0.1, 0.15) is 35.7 Å². The second kappa shape index (κ2) is 11.6. The first kappa shape index (κ1) is 21.5. The van der Waals surface area contributed by atoms with E-state index in [0.29, 0.717) is 6.17 Å². The maximum Gasteiger partial charge on any atom is 0.0892 e. The molecule has 2 aromatic rings. The molecule has 0 radical (unpaired) electrons. The smallest absolute Gasteiger partial charge is 0.0892 e. The van der Waals surface area contributed by atoms with Gasteiger partial charge in [0.1, 0.15) is 0 Å². The molecule has 2 bridgehead atoms.